The molecule has 0 bridgehead atoms. The van der Waals surface area contributed by atoms with Crippen LogP contribution in [0.2, 0.25) is 10.0 Å². The lowest BCUT2D eigenvalue weighted by Crippen LogP contribution is -2.40. The van der Waals surface area contributed by atoms with Crippen LogP contribution in [0.1, 0.15) is 18.6 Å². The van der Waals surface area contributed by atoms with Gasteiger partial charge in [0.15, 0.2) is 0 Å². The highest BCUT2D eigenvalue weighted by atomic mass is 35.5. The summed E-state index contributed by atoms with van der Waals surface area (Å²) in [4.78, 5) is 40.0. The third-order valence-corrected chi connectivity index (χ3v) is 6.18. The van der Waals surface area contributed by atoms with Gasteiger partial charge in [0.25, 0.3) is 11.1 Å². The molecule has 4 rings (SSSR count). The highest BCUT2D eigenvalue weighted by Gasteiger charge is 2.37. The van der Waals surface area contributed by atoms with Gasteiger partial charge in [-0.2, -0.15) is 0 Å². The summed E-state index contributed by atoms with van der Waals surface area (Å²) in [7, 11) is 0. The van der Waals surface area contributed by atoms with E-state index in [1.54, 1.807) is 35.2 Å². The number of carbonyl (C=O) groups excluding carboxylic acids is 3. The van der Waals surface area contributed by atoms with Crippen LogP contribution in [0.15, 0.2) is 39.7 Å². The van der Waals surface area contributed by atoms with Crippen molar-refractivity contribution in [1.29, 1.82) is 0 Å². The van der Waals surface area contributed by atoms with Crippen molar-refractivity contribution in [3.05, 3.63) is 51.0 Å². The number of carbonyl (C=O) groups is 3. The fourth-order valence-corrected chi connectivity index (χ4v) is 4.55. The summed E-state index contributed by atoms with van der Waals surface area (Å²) in [6.45, 7) is 1.12. The van der Waals surface area contributed by atoms with Crippen LogP contribution < -0.4 is 0 Å². The van der Waals surface area contributed by atoms with Crippen molar-refractivity contribution in [1.82, 2.24) is 9.80 Å². The molecule has 2 aromatic rings. The second-order valence-corrected chi connectivity index (χ2v) is 8.52. The number of benzene rings is 1. The minimum atomic E-state index is -0.491. The summed E-state index contributed by atoms with van der Waals surface area (Å²) in [6.07, 6.45) is 3.40. The lowest BCUT2D eigenvalue weighted by atomic mass is 10.2. The second kappa shape index (κ2) is 8.26. The maximum absolute atomic E-state index is 12.6. The molecule has 2 aliphatic heterocycles. The summed E-state index contributed by atoms with van der Waals surface area (Å²) in [5.41, 5.74) is 0.667. The van der Waals surface area contributed by atoms with E-state index in [0.29, 0.717) is 40.2 Å². The number of rotatable bonds is 4. The van der Waals surface area contributed by atoms with Crippen LogP contribution >= 0.6 is 35.0 Å². The highest BCUT2D eigenvalue weighted by molar-refractivity contribution is 8.18. The molecule has 3 heterocycles. The Morgan fingerprint density at radius 3 is 2.62 bits per heavy atom. The Kier molecular flexibility index (Phi) is 5.72. The standard InChI is InChI=1S/C20H16Cl2N2O4S/c21-12-3-5-14(15(22)9-12)16-6-4-13(28-16)10-17-19(26)24(20(27)29-17)11-18(25)23-7-1-2-8-23/h3-6,9-10H,1-2,7-8,11H2/b17-10-. The van der Waals surface area contributed by atoms with Gasteiger partial charge in [-0.1, -0.05) is 23.2 Å². The number of likely N-dealkylation sites (tertiary alicyclic amines) is 1. The number of hydrogen-bond donors (Lipinski definition) is 0. The maximum atomic E-state index is 12.6. The monoisotopic (exact) mass is 450 g/mol. The first-order chi connectivity index (χ1) is 13.9. The lowest BCUT2D eigenvalue weighted by molar-refractivity contribution is -0.135. The zero-order valence-electron chi connectivity index (χ0n) is 15.2. The Morgan fingerprint density at radius 1 is 1.14 bits per heavy atom. The van der Waals surface area contributed by atoms with Crippen molar-refractivity contribution in [2.75, 3.05) is 19.6 Å². The van der Waals surface area contributed by atoms with Gasteiger partial charge < -0.3 is 9.32 Å². The summed E-state index contributed by atoms with van der Waals surface area (Å²) in [5, 5.41) is 0.503. The molecule has 29 heavy (non-hydrogen) atoms. The number of amides is 3. The number of hydrogen-bond acceptors (Lipinski definition) is 5. The first-order valence-corrected chi connectivity index (χ1v) is 10.6. The Morgan fingerprint density at radius 2 is 1.90 bits per heavy atom. The maximum Gasteiger partial charge on any atom is 0.294 e. The smallest absolute Gasteiger partial charge is 0.294 e. The van der Waals surface area contributed by atoms with E-state index in [0.717, 1.165) is 29.5 Å². The molecule has 2 saturated heterocycles. The van der Waals surface area contributed by atoms with Crippen LogP contribution in [0.3, 0.4) is 0 Å². The third-order valence-electron chi connectivity index (χ3n) is 4.72. The van der Waals surface area contributed by atoms with Crippen LogP contribution in [0.25, 0.3) is 17.4 Å². The molecule has 0 unspecified atom stereocenters. The van der Waals surface area contributed by atoms with E-state index in [1.807, 2.05) is 0 Å². The zero-order valence-corrected chi connectivity index (χ0v) is 17.5. The fourth-order valence-electron chi connectivity index (χ4n) is 3.23. The van der Waals surface area contributed by atoms with E-state index in [9.17, 15) is 14.4 Å². The van der Waals surface area contributed by atoms with Gasteiger partial charge in [0.2, 0.25) is 5.91 Å². The van der Waals surface area contributed by atoms with Gasteiger partial charge in [-0.05, 0) is 54.9 Å². The van der Waals surface area contributed by atoms with Gasteiger partial charge in [-0.15, -0.1) is 0 Å². The Balaban J connectivity index is 1.50. The predicted molar refractivity (Wildman–Crippen MR) is 113 cm³/mol. The van der Waals surface area contributed by atoms with Crippen LogP contribution in [-0.4, -0.2) is 46.5 Å². The molecular weight excluding hydrogens is 435 g/mol. The third kappa shape index (κ3) is 4.22. The van der Waals surface area contributed by atoms with Crippen LogP contribution in [0, 0.1) is 0 Å². The van der Waals surface area contributed by atoms with Crippen LogP contribution in [0.4, 0.5) is 4.79 Å². The van der Waals surface area contributed by atoms with Gasteiger partial charge in [0.1, 0.15) is 18.1 Å². The van der Waals surface area contributed by atoms with Gasteiger partial charge in [0.05, 0.1) is 9.93 Å². The lowest BCUT2D eigenvalue weighted by Gasteiger charge is -2.18. The van der Waals surface area contributed by atoms with Crippen LogP contribution in [-0.2, 0) is 9.59 Å². The zero-order chi connectivity index (χ0) is 20.5. The molecule has 2 fully saturated rings. The minimum absolute atomic E-state index is 0.205. The molecule has 0 radical (unpaired) electrons. The number of furan rings is 1. The Labute approximate surface area is 181 Å². The SMILES string of the molecule is O=C(CN1C(=O)S/C(=C\c2ccc(-c3ccc(Cl)cc3Cl)o2)C1=O)N1CCCC1. The Hall–Kier alpha value is -2.22. The van der Waals surface area contributed by atoms with Crippen molar-refractivity contribution in [3.8, 4) is 11.3 Å². The summed E-state index contributed by atoms with van der Waals surface area (Å²) >= 11 is 12.9. The molecule has 150 valence electrons. The molecule has 0 saturated carbocycles. The average molecular weight is 451 g/mol. The Bertz CT molecular complexity index is 1030. The first kappa shape index (κ1) is 20.1. The summed E-state index contributed by atoms with van der Waals surface area (Å²) in [6, 6.07) is 8.47. The largest absolute Gasteiger partial charge is 0.457 e. The van der Waals surface area contributed by atoms with E-state index in [1.165, 1.54) is 6.08 Å². The van der Waals surface area contributed by atoms with E-state index in [4.69, 9.17) is 27.6 Å². The van der Waals surface area contributed by atoms with Crippen molar-refractivity contribution >= 4 is 58.1 Å². The molecule has 0 spiro atoms. The van der Waals surface area contributed by atoms with Crippen molar-refractivity contribution in [2.45, 2.75) is 12.8 Å². The van der Waals surface area contributed by atoms with Gasteiger partial charge in [-0.3, -0.25) is 19.3 Å². The average Bonchev–Trinajstić information content (AvgIpc) is 3.41. The molecular formula is C20H16Cl2N2O4S. The topological polar surface area (TPSA) is 70.8 Å². The van der Waals surface area contributed by atoms with Crippen molar-refractivity contribution < 1.29 is 18.8 Å². The van der Waals surface area contributed by atoms with E-state index >= 15 is 0 Å². The fraction of sp³-hybridized carbons (Fsp3) is 0.250. The molecule has 6 nitrogen and oxygen atoms in total. The summed E-state index contributed by atoms with van der Waals surface area (Å²) < 4.78 is 5.76. The van der Waals surface area contributed by atoms with E-state index < -0.39 is 11.1 Å². The van der Waals surface area contributed by atoms with Crippen LogP contribution in [0.5, 0.6) is 0 Å². The van der Waals surface area contributed by atoms with Gasteiger partial charge in [-0.25, -0.2) is 0 Å². The second-order valence-electron chi connectivity index (χ2n) is 6.68. The molecule has 2 aliphatic rings. The molecule has 0 aliphatic carbocycles. The van der Waals surface area contributed by atoms with Crippen molar-refractivity contribution in [2.24, 2.45) is 0 Å². The van der Waals surface area contributed by atoms with Crippen molar-refractivity contribution in [3.63, 3.8) is 0 Å². The summed E-state index contributed by atoms with van der Waals surface area (Å²) in [5.74, 6) is 0.225. The van der Waals surface area contributed by atoms with Gasteiger partial charge >= 0.3 is 0 Å². The molecule has 9 heteroatoms. The highest BCUT2D eigenvalue weighted by Crippen LogP contribution is 2.35. The molecule has 0 N–H and O–H groups in total. The van der Waals surface area contributed by atoms with E-state index in [2.05, 4.69) is 0 Å². The number of imide groups is 1. The number of thioether (sulfide) groups is 1. The van der Waals surface area contributed by atoms with Gasteiger partial charge in [0, 0.05) is 29.8 Å². The number of nitrogens with zero attached hydrogens (tertiary/aromatic N) is 2. The minimum Gasteiger partial charge on any atom is -0.457 e. The van der Waals surface area contributed by atoms with E-state index in [-0.39, 0.29) is 17.4 Å². The molecule has 0 atom stereocenters. The normalized spacial score (nSPS) is 18.3. The predicted octanol–water partition coefficient (Wildman–Crippen LogP) is 4.91. The number of halogens is 2. The first-order valence-electron chi connectivity index (χ1n) is 9.01. The molecule has 3 amide bonds. The molecule has 1 aromatic carbocycles. The molecule has 1 aromatic heterocycles. The quantitative estimate of drug-likeness (QED) is 0.618.